The molecule has 102 valence electrons. The molecule has 0 N–H and O–H groups in total. The van der Waals surface area contributed by atoms with E-state index in [2.05, 4.69) is 0 Å². The van der Waals surface area contributed by atoms with Gasteiger partial charge >= 0.3 is 23.1 Å². The smallest absolute Gasteiger partial charge is 1.00 e. The third-order valence-electron chi connectivity index (χ3n) is 2.74. The number of ketones is 1. The summed E-state index contributed by atoms with van der Waals surface area (Å²) in [5, 5.41) is 19.8. The summed E-state index contributed by atoms with van der Waals surface area (Å²) in [6.07, 6.45) is 0. The molecule has 0 aliphatic heterocycles. The Morgan fingerprint density at radius 1 is 1.19 bits per heavy atom. The predicted octanol–water partition coefficient (Wildman–Crippen LogP) is -1.59. The number of carbonyl (C=O) groups is 1. The Labute approximate surface area is 148 Å². The Morgan fingerprint density at radius 2 is 1.81 bits per heavy atom. The molecule has 2 aromatic rings. The molecular weight excluding hydrogens is 349 g/mol. The van der Waals surface area contributed by atoms with Gasteiger partial charge in [-0.05, 0) is 42.5 Å². The van der Waals surface area contributed by atoms with Crippen LogP contribution in [-0.2, 0) is 6.61 Å². The fourth-order valence-electron chi connectivity index (χ4n) is 1.76. The zero-order valence-electron chi connectivity index (χ0n) is 11.0. The quantitative estimate of drug-likeness (QED) is 0.491. The topological polar surface area (TPSA) is 63.9 Å². The number of halogens is 2. The van der Waals surface area contributed by atoms with Gasteiger partial charge in [0.25, 0.3) is 0 Å². The van der Waals surface area contributed by atoms with Crippen LogP contribution in [0, 0.1) is 17.1 Å². The van der Waals surface area contributed by atoms with Gasteiger partial charge in [-0.2, -0.15) is 5.26 Å². The van der Waals surface area contributed by atoms with Crippen LogP contribution in [0.4, 0.5) is 4.39 Å². The Morgan fingerprint density at radius 3 is 2.33 bits per heavy atom. The number of nitrogens with zero attached hydrogens (tertiary/aromatic N) is 1. The second-order valence-corrected chi connectivity index (χ2v) is 3.96. The summed E-state index contributed by atoms with van der Waals surface area (Å²) in [5.41, 5.74) is 1.16. The second kappa shape index (κ2) is 8.90. The molecule has 6 heteroatoms. The predicted molar refractivity (Wildman–Crippen MR) is 70.4 cm³/mol. The summed E-state index contributed by atoms with van der Waals surface area (Å²) >= 11 is 0. The summed E-state index contributed by atoms with van der Waals surface area (Å²) in [7, 11) is 0. The van der Waals surface area contributed by atoms with E-state index in [4.69, 9.17) is 5.26 Å². The van der Waals surface area contributed by atoms with Gasteiger partial charge in [-0.3, -0.25) is 4.79 Å². The zero-order chi connectivity index (χ0) is 13.8. The molecule has 0 bridgehead atoms. The van der Waals surface area contributed by atoms with Crippen LogP contribution in [0.5, 0.6) is 0 Å². The Kier molecular flexibility index (Phi) is 8.36. The third-order valence-corrected chi connectivity index (χ3v) is 2.74. The first kappa shape index (κ1) is 19.7. The van der Waals surface area contributed by atoms with Crippen molar-refractivity contribution in [1.29, 1.82) is 5.26 Å². The summed E-state index contributed by atoms with van der Waals surface area (Å²) in [6, 6.07) is 11.4. The minimum Gasteiger partial charge on any atom is -1.00 e. The molecule has 0 fully saturated rings. The second-order valence-electron chi connectivity index (χ2n) is 3.96. The van der Waals surface area contributed by atoms with Crippen molar-refractivity contribution in [3.63, 3.8) is 0 Å². The van der Waals surface area contributed by atoms with Crippen LogP contribution >= 0.6 is 0 Å². The van der Waals surface area contributed by atoms with E-state index in [-0.39, 0.29) is 56.9 Å². The van der Waals surface area contributed by atoms with Crippen molar-refractivity contribution in [2.75, 3.05) is 0 Å². The standard InChI is InChI=1S/C15H9FNO2.BrH.Mg/c16-13-4-2-11(3-5-13)15(19)14-6-1-10(8-17)7-12(14)9-18;;/h1-7H,9H2;1H;/q-1;;+2/p-1. The van der Waals surface area contributed by atoms with E-state index >= 15 is 0 Å². The van der Waals surface area contributed by atoms with Gasteiger partial charge in [-0.1, -0.05) is 5.56 Å². The normalized spacial score (nSPS) is 9.00. The first-order chi connectivity index (χ1) is 9.15. The fourth-order valence-corrected chi connectivity index (χ4v) is 1.76. The number of carbonyl (C=O) groups excluding carboxylic acids is 1. The minimum absolute atomic E-state index is 0. The Bertz CT molecular complexity index is 668. The number of hydrogen-bond donors (Lipinski definition) is 0. The van der Waals surface area contributed by atoms with Crippen molar-refractivity contribution < 1.29 is 31.3 Å². The summed E-state index contributed by atoms with van der Waals surface area (Å²) in [5.74, 6) is -0.782. The average molecular weight is 358 g/mol. The van der Waals surface area contributed by atoms with E-state index in [0.29, 0.717) is 11.1 Å². The van der Waals surface area contributed by atoms with Gasteiger partial charge in [0.2, 0.25) is 0 Å². The molecule has 0 unspecified atom stereocenters. The molecule has 0 amide bonds. The largest absolute Gasteiger partial charge is 2.00 e. The van der Waals surface area contributed by atoms with Crippen LogP contribution < -0.4 is 22.1 Å². The third kappa shape index (κ3) is 4.61. The van der Waals surface area contributed by atoms with E-state index in [9.17, 15) is 14.3 Å². The molecule has 0 spiro atoms. The molecular formula is C15H9BrFMgNO2. The van der Waals surface area contributed by atoms with Crippen LogP contribution in [0.25, 0.3) is 0 Å². The van der Waals surface area contributed by atoms with Crippen LogP contribution in [0.3, 0.4) is 0 Å². The number of benzene rings is 2. The molecule has 0 aromatic heterocycles. The SMILES string of the molecule is N#Cc1ccc(C(=O)c2ccc(F)cc2)c(C[O-])c1.[Br-].[Mg+2]. The molecule has 3 nitrogen and oxygen atoms in total. The molecule has 0 atom stereocenters. The van der Waals surface area contributed by atoms with Gasteiger partial charge in [0.05, 0.1) is 11.6 Å². The van der Waals surface area contributed by atoms with Crippen molar-refractivity contribution in [3.05, 3.63) is 70.5 Å². The van der Waals surface area contributed by atoms with Gasteiger partial charge in [0, 0.05) is 11.1 Å². The summed E-state index contributed by atoms with van der Waals surface area (Å²) in [6.45, 7) is -0.586. The van der Waals surface area contributed by atoms with Crippen LogP contribution in [-0.4, -0.2) is 28.8 Å². The van der Waals surface area contributed by atoms with Gasteiger partial charge in [0.15, 0.2) is 5.78 Å². The van der Waals surface area contributed by atoms with Crippen LogP contribution in [0.15, 0.2) is 42.5 Å². The average Bonchev–Trinajstić information content (AvgIpc) is 2.46. The van der Waals surface area contributed by atoms with E-state index in [0.717, 1.165) is 0 Å². The summed E-state index contributed by atoms with van der Waals surface area (Å²) in [4.78, 5) is 12.2. The maximum atomic E-state index is 12.8. The fraction of sp³-hybridized carbons (Fsp3) is 0.0667. The molecule has 0 saturated carbocycles. The molecule has 0 aliphatic rings. The molecule has 21 heavy (non-hydrogen) atoms. The first-order valence-electron chi connectivity index (χ1n) is 5.57. The number of nitriles is 1. The Balaban J connectivity index is 0.00000200. The van der Waals surface area contributed by atoms with Gasteiger partial charge in [-0.25, -0.2) is 4.39 Å². The molecule has 2 aromatic carbocycles. The molecule has 0 saturated heterocycles. The zero-order valence-corrected chi connectivity index (χ0v) is 14.0. The molecule has 0 radical (unpaired) electrons. The van der Waals surface area contributed by atoms with E-state index < -0.39 is 12.4 Å². The molecule has 0 aliphatic carbocycles. The van der Waals surface area contributed by atoms with Gasteiger partial charge < -0.3 is 22.1 Å². The van der Waals surface area contributed by atoms with Gasteiger partial charge in [0.1, 0.15) is 5.82 Å². The van der Waals surface area contributed by atoms with Crippen molar-refractivity contribution in [2.45, 2.75) is 6.61 Å². The van der Waals surface area contributed by atoms with Crippen molar-refractivity contribution in [3.8, 4) is 6.07 Å². The van der Waals surface area contributed by atoms with Crippen molar-refractivity contribution in [2.24, 2.45) is 0 Å². The summed E-state index contributed by atoms with van der Waals surface area (Å²) < 4.78 is 12.8. The van der Waals surface area contributed by atoms with Crippen molar-refractivity contribution >= 4 is 28.8 Å². The van der Waals surface area contributed by atoms with Crippen LogP contribution in [0.1, 0.15) is 27.0 Å². The van der Waals surface area contributed by atoms with E-state index in [1.54, 1.807) is 0 Å². The minimum atomic E-state index is -0.586. The van der Waals surface area contributed by atoms with E-state index in [1.807, 2.05) is 6.07 Å². The van der Waals surface area contributed by atoms with E-state index in [1.165, 1.54) is 42.5 Å². The monoisotopic (exact) mass is 357 g/mol. The van der Waals surface area contributed by atoms with Gasteiger partial charge in [-0.15, -0.1) is 6.61 Å². The number of rotatable bonds is 3. The first-order valence-corrected chi connectivity index (χ1v) is 5.57. The maximum Gasteiger partial charge on any atom is 2.00 e. The van der Waals surface area contributed by atoms with Crippen molar-refractivity contribution in [1.82, 2.24) is 0 Å². The Hall–Kier alpha value is -1.26. The number of hydrogen-bond acceptors (Lipinski definition) is 3. The molecule has 0 heterocycles. The van der Waals surface area contributed by atoms with Crippen LogP contribution in [0.2, 0.25) is 0 Å². The maximum absolute atomic E-state index is 12.8. The molecule has 2 rings (SSSR count).